The Morgan fingerprint density at radius 2 is 1.90 bits per heavy atom. The van der Waals surface area contributed by atoms with E-state index in [1.54, 1.807) is 0 Å². The molecule has 0 radical (unpaired) electrons. The van der Waals surface area contributed by atoms with Crippen LogP contribution in [-0.4, -0.2) is 35.9 Å². The molecule has 0 saturated carbocycles. The van der Waals surface area contributed by atoms with Gasteiger partial charge in [0, 0.05) is 12.3 Å². The van der Waals surface area contributed by atoms with Crippen molar-refractivity contribution in [2.45, 2.75) is 37.7 Å². The Morgan fingerprint density at radius 3 is 2.65 bits per heavy atom. The average molecular weight is 273 g/mol. The molecule has 1 N–H and O–H groups in total. The summed E-state index contributed by atoms with van der Waals surface area (Å²) in [5, 5.41) is 11.3. The Hall–Kier alpha value is -1.19. The monoisotopic (exact) mass is 273 g/mol. The van der Waals surface area contributed by atoms with Gasteiger partial charge >= 0.3 is 0 Å². The minimum Gasteiger partial charge on any atom is -0.377 e. The number of nitrogens with zero attached hydrogens (tertiary/aromatic N) is 1. The molecule has 0 aromatic heterocycles. The average Bonchev–Trinajstić information content (AvgIpc) is 2.59. The minimum absolute atomic E-state index is 0.0250. The van der Waals surface area contributed by atoms with Gasteiger partial charge in [-0.1, -0.05) is 24.3 Å². The van der Waals surface area contributed by atoms with Crippen molar-refractivity contribution in [2.75, 3.05) is 20.1 Å². The molecule has 0 bridgehead atoms. The van der Waals surface area contributed by atoms with Gasteiger partial charge in [-0.25, -0.2) is 0 Å². The van der Waals surface area contributed by atoms with Gasteiger partial charge in [0.25, 0.3) is 0 Å². The summed E-state index contributed by atoms with van der Waals surface area (Å²) >= 11 is 0. The van der Waals surface area contributed by atoms with Crippen molar-refractivity contribution in [3.8, 4) is 0 Å². The summed E-state index contributed by atoms with van der Waals surface area (Å²) in [6.45, 7) is 1.92. The smallest absolute Gasteiger partial charge is 0.169 e. The molecule has 108 valence electrons. The number of hydrogen-bond acceptors (Lipinski definition) is 3. The molecule has 1 saturated heterocycles. The number of fused-ring (bicyclic) bond motifs is 1. The number of likely N-dealkylation sites (tertiary alicyclic amines) is 1. The van der Waals surface area contributed by atoms with Crippen molar-refractivity contribution in [3.63, 3.8) is 0 Å². The van der Waals surface area contributed by atoms with Crippen LogP contribution in [0.25, 0.3) is 0 Å². The van der Waals surface area contributed by atoms with E-state index in [1.807, 2.05) is 18.2 Å². The maximum absolute atomic E-state index is 12.6. The standard InChI is InChI=1S/C17H23NO2/c1-18-11-9-14(10-12-18)17(20)15-7-3-2-5-13(15)6-4-8-16(17)19/h2-3,5,7,14,20H,4,6,8-12H2,1H3. The van der Waals surface area contributed by atoms with Crippen LogP contribution in [-0.2, 0) is 16.8 Å². The topological polar surface area (TPSA) is 40.5 Å². The van der Waals surface area contributed by atoms with E-state index >= 15 is 0 Å². The third kappa shape index (κ3) is 2.19. The first-order chi connectivity index (χ1) is 9.62. The minimum atomic E-state index is -1.26. The fourth-order valence-corrected chi connectivity index (χ4v) is 3.76. The highest BCUT2D eigenvalue weighted by Crippen LogP contribution is 2.41. The van der Waals surface area contributed by atoms with Crippen LogP contribution in [0.15, 0.2) is 24.3 Å². The van der Waals surface area contributed by atoms with E-state index in [4.69, 9.17) is 0 Å². The van der Waals surface area contributed by atoms with E-state index in [-0.39, 0.29) is 11.7 Å². The van der Waals surface area contributed by atoms with Crippen molar-refractivity contribution in [3.05, 3.63) is 35.4 Å². The van der Waals surface area contributed by atoms with Crippen LogP contribution in [0, 0.1) is 5.92 Å². The summed E-state index contributed by atoms with van der Waals surface area (Å²) in [6.07, 6.45) is 4.04. The number of benzene rings is 1. The second kappa shape index (κ2) is 5.30. The molecule has 1 fully saturated rings. The largest absolute Gasteiger partial charge is 0.377 e. The van der Waals surface area contributed by atoms with Gasteiger partial charge in [-0.2, -0.15) is 0 Å². The van der Waals surface area contributed by atoms with Gasteiger partial charge in [0.05, 0.1) is 0 Å². The number of carbonyl (C=O) groups excluding carboxylic acids is 1. The molecule has 3 rings (SSSR count). The quantitative estimate of drug-likeness (QED) is 0.797. The molecule has 1 aromatic carbocycles. The molecular formula is C17H23NO2. The molecule has 1 aliphatic heterocycles. The molecule has 1 aromatic rings. The number of carbonyl (C=O) groups is 1. The first kappa shape index (κ1) is 13.8. The number of hydrogen-bond donors (Lipinski definition) is 1. The van der Waals surface area contributed by atoms with Crippen LogP contribution in [0.5, 0.6) is 0 Å². The molecule has 1 atom stereocenters. The van der Waals surface area contributed by atoms with E-state index < -0.39 is 5.60 Å². The number of ketones is 1. The van der Waals surface area contributed by atoms with Crippen molar-refractivity contribution in [1.29, 1.82) is 0 Å². The molecule has 3 heteroatoms. The number of aliphatic hydroxyl groups is 1. The van der Waals surface area contributed by atoms with Gasteiger partial charge in [-0.05, 0) is 56.9 Å². The second-order valence-electron chi connectivity index (χ2n) is 6.28. The van der Waals surface area contributed by atoms with Gasteiger partial charge < -0.3 is 10.0 Å². The molecular weight excluding hydrogens is 250 g/mol. The Kier molecular flexibility index (Phi) is 3.65. The Labute approximate surface area is 120 Å². The number of Topliss-reactive ketones (excluding diaryl/α,β-unsaturated/α-hetero) is 1. The van der Waals surface area contributed by atoms with Gasteiger partial charge in [0.2, 0.25) is 0 Å². The Bertz CT molecular complexity index is 505. The van der Waals surface area contributed by atoms with Crippen LogP contribution in [0.3, 0.4) is 0 Å². The van der Waals surface area contributed by atoms with Crippen LogP contribution in [0.1, 0.15) is 36.8 Å². The van der Waals surface area contributed by atoms with Crippen LogP contribution in [0.2, 0.25) is 0 Å². The Morgan fingerprint density at radius 1 is 1.20 bits per heavy atom. The van der Waals surface area contributed by atoms with Crippen molar-refractivity contribution < 1.29 is 9.90 Å². The third-order valence-corrected chi connectivity index (χ3v) is 5.01. The summed E-state index contributed by atoms with van der Waals surface area (Å²) in [6, 6.07) is 7.96. The third-order valence-electron chi connectivity index (χ3n) is 5.01. The van der Waals surface area contributed by atoms with Gasteiger partial charge in [-0.15, -0.1) is 0 Å². The molecule has 0 spiro atoms. The maximum Gasteiger partial charge on any atom is 0.169 e. The first-order valence-electron chi connectivity index (χ1n) is 7.65. The summed E-state index contributed by atoms with van der Waals surface area (Å²) in [4.78, 5) is 14.9. The molecule has 1 unspecified atom stereocenters. The number of rotatable bonds is 1. The van der Waals surface area contributed by atoms with Gasteiger partial charge in [0.15, 0.2) is 11.4 Å². The van der Waals surface area contributed by atoms with Crippen LogP contribution >= 0.6 is 0 Å². The summed E-state index contributed by atoms with van der Waals surface area (Å²) in [7, 11) is 2.10. The number of aryl methyl sites for hydroxylation is 1. The maximum atomic E-state index is 12.6. The normalized spacial score (nSPS) is 29.0. The van der Waals surface area contributed by atoms with Gasteiger partial charge in [0.1, 0.15) is 0 Å². The lowest BCUT2D eigenvalue weighted by Crippen LogP contribution is -2.47. The van der Waals surface area contributed by atoms with Crippen LogP contribution in [0.4, 0.5) is 0 Å². The summed E-state index contributed by atoms with van der Waals surface area (Å²) < 4.78 is 0. The van der Waals surface area contributed by atoms with Crippen molar-refractivity contribution in [1.82, 2.24) is 4.90 Å². The fraction of sp³-hybridized carbons (Fsp3) is 0.588. The highest BCUT2D eigenvalue weighted by atomic mass is 16.3. The molecule has 2 aliphatic rings. The first-order valence-corrected chi connectivity index (χ1v) is 7.65. The zero-order valence-corrected chi connectivity index (χ0v) is 12.1. The highest BCUT2D eigenvalue weighted by Gasteiger charge is 2.47. The summed E-state index contributed by atoms with van der Waals surface area (Å²) in [5.74, 6) is 0.0856. The summed E-state index contributed by atoms with van der Waals surface area (Å²) in [5.41, 5.74) is 0.769. The zero-order valence-electron chi connectivity index (χ0n) is 12.1. The van der Waals surface area contributed by atoms with E-state index in [0.29, 0.717) is 6.42 Å². The lowest BCUT2D eigenvalue weighted by atomic mass is 9.72. The van der Waals surface area contributed by atoms with Crippen molar-refractivity contribution >= 4 is 5.78 Å². The van der Waals surface area contributed by atoms with E-state index in [0.717, 1.165) is 49.9 Å². The lowest BCUT2D eigenvalue weighted by molar-refractivity contribution is -0.147. The highest BCUT2D eigenvalue weighted by molar-refractivity contribution is 5.89. The second-order valence-corrected chi connectivity index (χ2v) is 6.28. The van der Waals surface area contributed by atoms with E-state index in [2.05, 4.69) is 18.0 Å². The molecule has 0 amide bonds. The lowest BCUT2D eigenvalue weighted by Gasteiger charge is -2.40. The molecule has 3 nitrogen and oxygen atoms in total. The SMILES string of the molecule is CN1CCC(C2(O)C(=O)CCCc3ccccc32)CC1. The van der Waals surface area contributed by atoms with Crippen LogP contribution < -0.4 is 0 Å². The van der Waals surface area contributed by atoms with Gasteiger partial charge in [-0.3, -0.25) is 4.79 Å². The molecule has 20 heavy (non-hydrogen) atoms. The predicted octanol–water partition coefficient (Wildman–Crippen LogP) is 2.12. The Balaban J connectivity index is 2.02. The molecule has 1 aliphatic carbocycles. The van der Waals surface area contributed by atoms with Crippen molar-refractivity contribution in [2.24, 2.45) is 5.92 Å². The molecule has 1 heterocycles. The number of piperidine rings is 1. The zero-order chi connectivity index (χ0) is 14.2. The predicted molar refractivity (Wildman–Crippen MR) is 78.5 cm³/mol. The van der Waals surface area contributed by atoms with E-state index in [1.165, 1.54) is 0 Å². The van der Waals surface area contributed by atoms with E-state index in [9.17, 15) is 9.90 Å². The fourth-order valence-electron chi connectivity index (χ4n) is 3.76.